The Hall–Kier alpha value is -2.46. The van der Waals surface area contributed by atoms with E-state index in [1.165, 1.54) is 0 Å². The highest BCUT2D eigenvalue weighted by Crippen LogP contribution is 2.32. The van der Waals surface area contributed by atoms with Crippen molar-refractivity contribution in [3.8, 4) is 11.8 Å². The molecule has 0 aliphatic heterocycles. The Labute approximate surface area is 185 Å². The summed E-state index contributed by atoms with van der Waals surface area (Å²) in [4.78, 5) is 13.6. The van der Waals surface area contributed by atoms with Gasteiger partial charge in [0.1, 0.15) is 17.1 Å². The third-order valence-electron chi connectivity index (χ3n) is 5.34. The molecule has 0 bridgehead atoms. The average Bonchev–Trinajstić information content (AvgIpc) is 2.99. The molecule has 7 heteroatoms. The Balaban J connectivity index is 2.56. The van der Waals surface area contributed by atoms with Gasteiger partial charge in [-0.05, 0) is 73.6 Å². The first kappa shape index (κ1) is 24.8. The number of hydrogen-bond acceptors (Lipinski definition) is 5. The Morgan fingerprint density at radius 3 is 2.23 bits per heavy atom. The molecule has 3 N–H and O–H groups in total. The summed E-state index contributed by atoms with van der Waals surface area (Å²) in [6, 6.07) is 0.0702. The monoisotopic (exact) mass is 429 g/mol. The van der Waals surface area contributed by atoms with Gasteiger partial charge in [0, 0.05) is 11.5 Å². The van der Waals surface area contributed by atoms with Crippen molar-refractivity contribution in [2.75, 3.05) is 5.73 Å². The second-order valence-corrected chi connectivity index (χ2v) is 10.1. The topological polar surface area (TPSA) is 89.9 Å². The number of fused-ring (bicyclic) bond motifs is 1. The number of anilines is 1. The van der Waals surface area contributed by atoms with E-state index < -0.39 is 16.7 Å². The van der Waals surface area contributed by atoms with E-state index in [1.807, 2.05) is 17.6 Å². The van der Waals surface area contributed by atoms with Crippen LogP contribution < -0.4 is 5.73 Å². The van der Waals surface area contributed by atoms with Crippen LogP contribution in [0.3, 0.4) is 0 Å². The van der Waals surface area contributed by atoms with E-state index in [1.54, 1.807) is 27.7 Å². The summed E-state index contributed by atoms with van der Waals surface area (Å²) in [5, 5.41) is 9.88. The van der Waals surface area contributed by atoms with Crippen molar-refractivity contribution in [2.24, 2.45) is 5.92 Å². The third-order valence-corrected chi connectivity index (χ3v) is 5.34. The highest BCUT2D eigenvalue weighted by molar-refractivity contribution is 5.83. The molecule has 170 valence electrons. The predicted molar refractivity (Wildman–Crippen MR) is 124 cm³/mol. The SMILES string of the molecule is CC(C)n1c(C(C)(C)/C=C\C[C@H](C)C(C)(C)F)nc2c(N)nc(C#CC(C)(C)O)nc21. The smallest absolute Gasteiger partial charge is 0.209 e. The van der Waals surface area contributed by atoms with Gasteiger partial charge in [-0.25, -0.2) is 19.3 Å². The molecule has 0 saturated heterocycles. The maximum Gasteiger partial charge on any atom is 0.209 e. The maximum absolute atomic E-state index is 14.1. The van der Waals surface area contributed by atoms with Crippen LogP contribution in [0.15, 0.2) is 12.2 Å². The van der Waals surface area contributed by atoms with E-state index >= 15 is 0 Å². The summed E-state index contributed by atoms with van der Waals surface area (Å²) in [7, 11) is 0. The maximum atomic E-state index is 14.1. The number of nitrogens with zero attached hydrogens (tertiary/aromatic N) is 4. The normalized spacial score (nSPS) is 14.3. The fourth-order valence-corrected chi connectivity index (χ4v) is 3.13. The van der Waals surface area contributed by atoms with Gasteiger partial charge in [-0.2, -0.15) is 0 Å². The lowest BCUT2D eigenvalue weighted by molar-refractivity contribution is 0.137. The van der Waals surface area contributed by atoms with Gasteiger partial charge in [0.25, 0.3) is 0 Å². The van der Waals surface area contributed by atoms with Crippen LogP contribution >= 0.6 is 0 Å². The number of allylic oxidation sites excluding steroid dienone is 2. The predicted octanol–water partition coefficient (Wildman–Crippen LogP) is 4.72. The van der Waals surface area contributed by atoms with Gasteiger partial charge in [0.05, 0.1) is 0 Å². The van der Waals surface area contributed by atoms with Crippen molar-refractivity contribution < 1.29 is 9.50 Å². The first-order valence-electron chi connectivity index (χ1n) is 10.7. The van der Waals surface area contributed by atoms with Gasteiger partial charge in [-0.15, -0.1) is 0 Å². The number of imidazole rings is 1. The molecule has 0 amide bonds. The van der Waals surface area contributed by atoms with Gasteiger partial charge >= 0.3 is 0 Å². The average molecular weight is 430 g/mol. The van der Waals surface area contributed by atoms with Crippen LogP contribution in [0.5, 0.6) is 0 Å². The molecule has 0 saturated carbocycles. The van der Waals surface area contributed by atoms with Crippen molar-refractivity contribution in [2.45, 2.75) is 91.5 Å². The first-order chi connectivity index (χ1) is 14.0. The van der Waals surface area contributed by atoms with Crippen molar-refractivity contribution in [1.82, 2.24) is 19.5 Å². The Morgan fingerprint density at radius 1 is 1.10 bits per heavy atom. The summed E-state index contributed by atoms with van der Waals surface area (Å²) >= 11 is 0. The van der Waals surface area contributed by atoms with Crippen LogP contribution in [-0.4, -0.2) is 35.9 Å². The minimum absolute atomic E-state index is 0.0702. The molecule has 0 radical (unpaired) electrons. The molecule has 31 heavy (non-hydrogen) atoms. The number of aliphatic hydroxyl groups is 1. The number of rotatable bonds is 6. The molecule has 0 fully saturated rings. The number of nitrogens with two attached hydrogens (primary N) is 1. The summed E-state index contributed by atoms with van der Waals surface area (Å²) in [6.07, 6.45) is 4.71. The lowest BCUT2D eigenvalue weighted by atomic mass is 9.87. The highest BCUT2D eigenvalue weighted by Gasteiger charge is 2.29. The lowest BCUT2D eigenvalue weighted by Crippen LogP contribution is -2.24. The van der Waals surface area contributed by atoms with Crippen LogP contribution in [0.25, 0.3) is 11.2 Å². The van der Waals surface area contributed by atoms with Crippen LogP contribution in [0.1, 0.15) is 86.4 Å². The number of aromatic nitrogens is 4. The number of halogens is 1. The Bertz CT molecular complexity index is 1030. The van der Waals surface area contributed by atoms with Gasteiger partial charge in [0.15, 0.2) is 17.0 Å². The van der Waals surface area contributed by atoms with Crippen LogP contribution in [0.2, 0.25) is 0 Å². The summed E-state index contributed by atoms with van der Waals surface area (Å²) in [5.41, 5.74) is 4.50. The van der Waals surface area contributed by atoms with Gasteiger partial charge in [0.2, 0.25) is 5.82 Å². The fraction of sp³-hybridized carbons (Fsp3) is 0.625. The summed E-state index contributed by atoms with van der Waals surface area (Å²) < 4.78 is 16.2. The quantitative estimate of drug-likeness (QED) is 0.512. The van der Waals surface area contributed by atoms with Crippen LogP contribution in [0, 0.1) is 17.8 Å². The lowest BCUT2D eigenvalue weighted by Gasteiger charge is -2.25. The second kappa shape index (κ2) is 8.58. The molecule has 0 aromatic carbocycles. The van der Waals surface area contributed by atoms with Crippen LogP contribution in [-0.2, 0) is 5.41 Å². The molecule has 0 aliphatic rings. The zero-order chi connectivity index (χ0) is 23.8. The van der Waals surface area contributed by atoms with Gasteiger partial charge in [-0.3, -0.25) is 0 Å². The minimum atomic E-state index is -1.23. The van der Waals surface area contributed by atoms with Crippen molar-refractivity contribution in [3.05, 3.63) is 23.8 Å². The molecular weight excluding hydrogens is 393 g/mol. The molecular formula is C24H36FN5O. The van der Waals surface area contributed by atoms with E-state index in [4.69, 9.17) is 10.7 Å². The zero-order valence-electron chi connectivity index (χ0n) is 20.2. The van der Waals surface area contributed by atoms with E-state index in [-0.39, 0.29) is 23.6 Å². The zero-order valence-corrected chi connectivity index (χ0v) is 20.2. The second-order valence-electron chi connectivity index (χ2n) is 10.1. The van der Waals surface area contributed by atoms with E-state index in [0.29, 0.717) is 17.6 Å². The van der Waals surface area contributed by atoms with Crippen molar-refractivity contribution >= 4 is 17.0 Å². The summed E-state index contributed by atoms with van der Waals surface area (Å²) in [6.45, 7) is 16.5. The number of alkyl halides is 1. The Kier molecular flexibility index (Phi) is 6.87. The molecule has 1 atom stereocenters. The van der Waals surface area contributed by atoms with E-state index in [2.05, 4.69) is 55.6 Å². The van der Waals surface area contributed by atoms with E-state index in [0.717, 1.165) is 5.82 Å². The van der Waals surface area contributed by atoms with Gasteiger partial charge in [-0.1, -0.05) is 25.0 Å². The van der Waals surface area contributed by atoms with Crippen LogP contribution in [0.4, 0.5) is 10.2 Å². The van der Waals surface area contributed by atoms with Gasteiger partial charge < -0.3 is 15.4 Å². The molecule has 0 aliphatic carbocycles. The minimum Gasteiger partial charge on any atom is -0.382 e. The third kappa shape index (κ3) is 6.04. The van der Waals surface area contributed by atoms with Crippen molar-refractivity contribution in [1.29, 1.82) is 0 Å². The molecule has 2 aromatic heterocycles. The number of hydrogen-bond donors (Lipinski definition) is 2. The standard InChI is InChI=1S/C24H36FN5O/c1-15(2)30-20-18(19(26)27-17(28-20)12-14-23(6,7)31)29-21(30)22(4,5)13-10-11-16(3)24(8,9)25/h10,13,15-16,31H,11H2,1-9H3,(H2,26,27,28)/b13-10-/t16-/m0/s1. The summed E-state index contributed by atoms with van der Waals surface area (Å²) in [5.74, 6) is 6.72. The largest absolute Gasteiger partial charge is 0.382 e. The Morgan fingerprint density at radius 2 is 1.71 bits per heavy atom. The molecule has 0 unspecified atom stereocenters. The fourth-order valence-electron chi connectivity index (χ4n) is 3.13. The van der Waals surface area contributed by atoms with Crippen molar-refractivity contribution in [3.63, 3.8) is 0 Å². The molecule has 2 aromatic rings. The molecule has 6 nitrogen and oxygen atoms in total. The first-order valence-corrected chi connectivity index (χ1v) is 10.7. The molecule has 2 heterocycles. The number of nitrogen functional groups attached to an aromatic ring is 1. The highest BCUT2D eigenvalue weighted by atomic mass is 19.1. The molecule has 0 spiro atoms. The van der Waals surface area contributed by atoms with E-state index in [9.17, 15) is 9.50 Å². The molecule has 2 rings (SSSR count).